The van der Waals surface area contributed by atoms with Gasteiger partial charge in [-0.05, 0) is 30.9 Å². The van der Waals surface area contributed by atoms with E-state index in [1.165, 1.54) is 12.1 Å². The van der Waals surface area contributed by atoms with Crippen molar-refractivity contribution in [2.24, 2.45) is 5.92 Å². The highest BCUT2D eigenvalue weighted by Crippen LogP contribution is 2.36. The molecule has 0 aliphatic heterocycles. The van der Waals surface area contributed by atoms with Crippen molar-refractivity contribution >= 4 is 23.5 Å². The van der Waals surface area contributed by atoms with E-state index < -0.39 is 5.82 Å². The number of hydrogen-bond acceptors (Lipinski definition) is 3. The predicted molar refractivity (Wildman–Crippen MR) is 68.2 cm³/mol. The third kappa shape index (κ3) is 2.65. The molecule has 0 amide bonds. The quantitative estimate of drug-likeness (QED) is 0.802. The molecule has 1 fully saturated rings. The van der Waals surface area contributed by atoms with E-state index >= 15 is 0 Å². The van der Waals surface area contributed by atoms with Crippen molar-refractivity contribution in [3.05, 3.63) is 17.9 Å². The monoisotopic (exact) mass is 258 g/mol. The zero-order valence-electron chi connectivity index (χ0n) is 9.67. The van der Waals surface area contributed by atoms with Crippen LogP contribution in [0.1, 0.15) is 26.2 Å². The van der Waals surface area contributed by atoms with Gasteiger partial charge in [-0.25, -0.2) is 4.39 Å². The number of rotatable bonds is 4. The Morgan fingerprint density at radius 2 is 2.18 bits per heavy atom. The lowest BCUT2D eigenvalue weighted by Crippen LogP contribution is -2.35. The predicted octanol–water partition coefficient (Wildman–Crippen LogP) is 3.99. The van der Waals surface area contributed by atoms with Gasteiger partial charge in [0.2, 0.25) is 0 Å². The Hall–Kier alpha value is -0.970. The molecule has 0 aromatic heterocycles. The Balaban J connectivity index is 2.06. The zero-order chi connectivity index (χ0) is 12.4. The first-order valence-electron chi connectivity index (χ1n) is 5.78. The van der Waals surface area contributed by atoms with Crippen molar-refractivity contribution in [3.8, 4) is 0 Å². The molecule has 1 aromatic rings. The molecule has 5 heteroatoms. The van der Waals surface area contributed by atoms with Crippen molar-refractivity contribution in [3.63, 3.8) is 0 Å². The number of halogens is 2. The summed E-state index contributed by atoms with van der Waals surface area (Å²) in [6.45, 7) is 2.16. The lowest BCUT2D eigenvalue weighted by Gasteiger charge is -2.36. The largest absolute Gasteiger partial charge is 0.397 e. The average Bonchev–Trinajstić information content (AvgIpc) is 2.25. The first kappa shape index (κ1) is 12.5. The van der Waals surface area contributed by atoms with E-state index in [-0.39, 0.29) is 22.7 Å². The molecular weight excluding hydrogens is 242 g/mol. The molecule has 0 unspecified atom stereocenters. The van der Waals surface area contributed by atoms with Gasteiger partial charge in [0, 0.05) is 10.9 Å². The molecule has 3 N–H and O–H groups in total. The minimum absolute atomic E-state index is 0.000694. The molecule has 0 radical (unpaired) electrons. The molecule has 0 heterocycles. The molecule has 0 atom stereocenters. The molecule has 1 saturated carbocycles. The summed E-state index contributed by atoms with van der Waals surface area (Å²) < 4.78 is 26.0. The lowest BCUT2D eigenvalue weighted by atomic mass is 9.78. The molecule has 1 aliphatic rings. The SMILES string of the molecule is CCC1CC(Nc2c(N)cc(SF)cc2F)C1. The second-order valence-corrected chi connectivity index (χ2v) is 5.16. The summed E-state index contributed by atoms with van der Waals surface area (Å²) in [5.74, 6) is 0.252. The Labute approximate surface area is 104 Å². The highest BCUT2D eigenvalue weighted by atomic mass is 32.2. The van der Waals surface area contributed by atoms with Crippen LogP contribution in [0.25, 0.3) is 0 Å². The maximum absolute atomic E-state index is 13.7. The van der Waals surface area contributed by atoms with Gasteiger partial charge in [-0.2, -0.15) is 3.89 Å². The van der Waals surface area contributed by atoms with Crippen molar-refractivity contribution in [1.82, 2.24) is 0 Å². The van der Waals surface area contributed by atoms with Crippen LogP contribution in [0.5, 0.6) is 0 Å². The highest BCUT2D eigenvalue weighted by Gasteiger charge is 2.28. The van der Waals surface area contributed by atoms with E-state index in [1.807, 2.05) is 0 Å². The Morgan fingerprint density at radius 1 is 1.47 bits per heavy atom. The third-order valence-corrected chi connectivity index (χ3v) is 3.76. The molecule has 0 spiro atoms. The van der Waals surface area contributed by atoms with E-state index in [2.05, 4.69) is 12.2 Å². The van der Waals surface area contributed by atoms with Crippen LogP contribution >= 0.6 is 12.1 Å². The second-order valence-electron chi connectivity index (χ2n) is 4.53. The van der Waals surface area contributed by atoms with E-state index in [0.717, 1.165) is 25.2 Å². The van der Waals surface area contributed by atoms with Gasteiger partial charge in [0.15, 0.2) is 0 Å². The number of nitrogen functional groups attached to an aromatic ring is 1. The molecule has 0 saturated heterocycles. The van der Waals surface area contributed by atoms with Crippen molar-refractivity contribution in [2.75, 3.05) is 11.1 Å². The van der Waals surface area contributed by atoms with Gasteiger partial charge in [0.1, 0.15) is 5.82 Å². The van der Waals surface area contributed by atoms with Crippen LogP contribution in [0.4, 0.5) is 19.7 Å². The van der Waals surface area contributed by atoms with E-state index in [4.69, 9.17) is 5.73 Å². The van der Waals surface area contributed by atoms with Gasteiger partial charge >= 0.3 is 0 Å². The van der Waals surface area contributed by atoms with Gasteiger partial charge in [-0.1, -0.05) is 13.3 Å². The molecule has 2 nitrogen and oxygen atoms in total. The maximum Gasteiger partial charge on any atom is 0.149 e. The van der Waals surface area contributed by atoms with Crippen LogP contribution in [0.3, 0.4) is 0 Å². The van der Waals surface area contributed by atoms with Crippen LogP contribution in [-0.4, -0.2) is 6.04 Å². The molecule has 94 valence electrons. The van der Waals surface area contributed by atoms with Crippen LogP contribution in [0, 0.1) is 11.7 Å². The Morgan fingerprint density at radius 3 is 2.71 bits per heavy atom. The van der Waals surface area contributed by atoms with Gasteiger partial charge < -0.3 is 11.1 Å². The van der Waals surface area contributed by atoms with Gasteiger partial charge in [0.05, 0.1) is 23.5 Å². The fourth-order valence-corrected chi connectivity index (χ4v) is 2.51. The smallest absolute Gasteiger partial charge is 0.149 e. The maximum atomic E-state index is 13.7. The molecular formula is C12H16F2N2S. The molecule has 17 heavy (non-hydrogen) atoms. The fourth-order valence-electron chi connectivity index (χ4n) is 2.19. The van der Waals surface area contributed by atoms with E-state index in [1.54, 1.807) is 0 Å². The minimum atomic E-state index is -0.481. The minimum Gasteiger partial charge on any atom is -0.397 e. The lowest BCUT2D eigenvalue weighted by molar-refractivity contribution is 0.274. The summed E-state index contributed by atoms with van der Waals surface area (Å²) in [7, 11) is 0. The summed E-state index contributed by atoms with van der Waals surface area (Å²) in [4.78, 5) is 0.200. The van der Waals surface area contributed by atoms with E-state index in [9.17, 15) is 8.28 Å². The normalized spacial score (nSPS) is 23.2. The van der Waals surface area contributed by atoms with Crippen LogP contribution in [0.15, 0.2) is 17.0 Å². The number of anilines is 2. The number of nitrogens with two attached hydrogens (primary N) is 1. The topological polar surface area (TPSA) is 38.0 Å². The summed E-state index contributed by atoms with van der Waals surface area (Å²) in [6, 6.07) is 2.91. The number of benzene rings is 1. The van der Waals surface area contributed by atoms with Gasteiger partial charge in [0.25, 0.3) is 0 Å². The third-order valence-electron chi connectivity index (χ3n) is 3.34. The van der Waals surface area contributed by atoms with Gasteiger partial charge in [-0.3, -0.25) is 0 Å². The first-order valence-corrected chi connectivity index (χ1v) is 6.49. The molecule has 1 aliphatic carbocycles. The van der Waals surface area contributed by atoms with Crippen molar-refractivity contribution < 1.29 is 8.28 Å². The second kappa shape index (κ2) is 5.12. The highest BCUT2D eigenvalue weighted by molar-refractivity contribution is 7.94. The number of hydrogen-bond donors (Lipinski definition) is 2. The van der Waals surface area contributed by atoms with Crippen molar-refractivity contribution in [2.45, 2.75) is 37.1 Å². The van der Waals surface area contributed by atoms with Crippen molar-refractivity contribution in [1.29, 1.82) is 0 Å². The summed E-state index contributed by atoms with van der Waals surface area (Å²) in [5, 5.41) is 3.10. The van der Waals surface area contributed by atoms with Crippen LogP contribution < -0.4 is 11.1 Å². The average molecular weight is 258 g/mol. The molecule has 0 bridgehead atoms. The van der Waals surface area contributed by atoms with Crippen LogP contribution in [-0.2, 0) is 0 Å². The Kier molecular flexibility index (Phi) is 3.76. The van der Waals surface area contributed by atoms with Crippen LogP contribution in [0.2, 0.25) is 0 Å². The number of nitrogens with one attached hydrogen (secondary N) is 1. The zero-order valence-corrected chi connectivity index (χ0v) is 10.5. The first-order chi connectivity index (χ1) is 8.13. The summed E-state index contributed by atoms with van der Waals surface area (Å²) in [6.07, 6.45) is 3.26. The molecule has 2 rings (SSSR count). The summed E-state index contributed by atoms with van der Waals surface area (Å²) in [5.41, 5.74) is 6.29. The fraction of sp³-hybridized carbons (Fsp3) is 0.500. The summed E-state index contributed by atoms with van der Waals surface area (Å²) >= 11 is 0.000694. The van der Waals surface area contributed by atoms with E-state index in [0.29, 0.717) is 11.7 Å². The Bertz CT molecular complexity index is 382. The van der Waals surface area contributed by atoms with Gasteiger partial charge in [-0.15, -0.1) is 0 Å². The standard InChI is InChI=1S/C12H16F2N2S/c1-2-7-3-8(4-7)16-12-10(13)5-9(17-14)6-11(12)15/h5-8,16H,2-4,15H2,1H3. The molecule has 1 aromatic carbocycles.